The van der Waals surface area contributed by atoms with Gasteiger partial charge in [-0.15, -0.1) is 0 Å². The third kappa shape index (κ3) is 4.52. The molecule has 0 spiro atoms. The molecule has 0 saturated carbocycles. The van der Waals surface area contributed by atoms with E-state index in [2.05, 4.69) is 22.1 Å². The van der Waals surface area contributed by atoms with Gasteiger partial charge in [0.2, 0.25) is 5.89 Å². The van der Waals surface area contributed by atoms with Gasteiger partial charge < -0.3 is 9.73 Å². The summed E-state index contributed by atoms with van der Waals surface area (Å²) in [6.45, 7) is 6.95. The maximum Gasteiger partial charge on any atom is 0.273 e. The van der Waals surface area contributed by atoms with Gasteiger partial charge in [0.25, 0.3) is 5.91 Å². The monoisotopic (exact) mass is 355 g/mol. The Morgan fingerprint density at radius 1 is 1.31 bits per heavy atom. The zero-order chi connectivity index (χ0) is 18.4. The lowest BCUT2D eigenvalue weighted by Crippen LogP contribution is -2.47. The zero-order valence-electron chi connectivity index (χ0n) is 15.8. The number of nitrogens with one attached hydrogen (secondary N) is 1. The van der Waals surface area contributed by atoms with E-state index >= 15 is 0 Å². The third-order valence-electron chi connectivity index (χ3n) is 5.08. The first-order valence-corrected chi connectivity index (χ1v) is 9.74. The molecule has 26 heavy (non-hydrogen) atoms. The first kappa shape index (κ1) is 18.6. The van der Waals surface area contributed by atoms with E-state index in [4.69, 9.17) is 4.42 Å². The van der Waals surface area contributed by atoms with E-state index in [9.17, 15) is 4.79 Å². The lowest BCUT2D eigenvalue weighted by Gasteiger charge is -2.35. The van der Waals surface area contributed by atoms with E-state index < -0.39 is 0 Å². The van der Waals surface area contributed by atoms with Crippen LogP contribution in [0.1, 0.15) is 55.3 Å². The SMILES string of the molecule is CCCCN1CCCCC1CNC(=O)c1nc(-c2ccccc2)oc1C. The van der Waals surface area contributed by atoms with E-state index in [-0.39, 0.29) is 5.91 Å². The molecule has 0 radical (unpaired) electrons. The number of carbonyl (C=O) groups is 1. The molecule has 5 heteroatoms. The van der Waals surface area contributed by atoms with Gasteiger partial charge in [0.15, 0.2) is 5.69 Å². The molecule has 5 nitrogen and oxygen atoms in total. The maximum absolute atomic E-state index is 12.6. The highest BCUT2D eigenvalue weighted by Gasteiger charge is 2.24. The van der Waals surface area contributed by atoms with Crippen LogP contribution in [-0.2, 0) is 0 Å². The van der Waals surface area contributed by atoms with Crippen molar-refractivity contribution in [2.75, 3.05) is 19.6 Å². The van der Waals surface area contributed by atoms with Crippen molar-refractivity contribution in [3.8, 4) is 11.5 Å². The summed E-state index contributed by atoms with van der Waals surface area (Å²) in [6.07, 6.45) is 6.07. The van der Waals surface area contributed by atoms with Gasteiger partial charge in [0, 0.05) is 18.2 Å². The van der Waals surface area contributed by atoms with Crippen molar-refractivity contribution >= 4 is 5.91 Å². The standard InChI is InChI=1S/C21H29N3O2/c1-3-4-13-24-14-9-8-12-18(24)15-22-20(25)19-16(2)26-21(23-19)17-10-6-5-7-11-17/h5-7,10-11,18H,3-4,8-9,12-15H2,1-2H3,(H,22,25). The van der Waals surface area contributed by atoms with Gasteiger partial charge in [-0.25, -0.2) is 4.98 Å². The second kappa shape index (κ2) is 8.99. The number of unbranched alkanes of at least 4 members (excludes halogenated alkanes) is 1. The Bertz CT molecular complexity index is 711. The molecular weight excluding hydrogens is 326 g/mol. The molecule has 1 aliphatic rings. The van der Waals surface area contributed by atoms with E-state index in [1.807, 2.05) is 30.3 Å². The van der Waals surface area contributed by atoms with Crippen molar-refractivity contribution in [1.82, 2.24) is 15.2 Å². The average molecular weight is 355 g/mol. The van der Waals surface area contributed by atoms with Crippen molar-refractivity contribution < 1.29 is 9.21 Å². The van der Waals surface area contributed by atoms with Gasteiger partial charge in [-0.1, -0.05) is 38.0 Å². The van der Waals surface area contributed by atoms with Crippen LogP contribution in [-0.4, -0.2) is 41.5 Å². The summed E-state index contributed by atoms with van der Waals surface area (Å²) in [5.41, 5.74) is 1.27. The van der Waals surface area contributed by atoms with Gasteiger partial charge in [-0.2, -0.15) is 0 Å². The Labute approximate surface area is 155 Å². The van der Waals surface area contributed by atoms with Gasteiger partial charge in [-0.05, 0) is 51.4 Å². The number of likely N-dealkylation sites (tertiary alicyclic amines) is 1. The lowest BCUT2D eigenvalue weighted by molar-refractivity contribution is 0.0907. The van der Waals surface area contributed by atoms with Crippen LogP contribution in [0, 0.1) is 6.92 Å². The number of nitrogens with zero attached hydrogens (tertiary/aromatic N) is 2. The zero-order valence-corrected chi connectivity index (χ0v) is 15.8. The Balaban J connectivity index is 1.62. The van der Waals surface area contributed by atoms with Crippen LogP contribution < -0.4 is 5.32 Å². The van der Waals surface area contributed by atoms with Crippen molar-refractivity contribution in [3.63, 3.8) is 0 Å². The summed E-state index contributed by atoms with van der Waals surface area (Å²) in [5, 5.41) is 3.08. The van der Waals surface area contributed by atoms with Crippen molar-refractivity contribution in [1.29, 1.82) is 0 Å². The summed E-state index contributed by atoms with van der Waals surface area (Å²) >= 11 is 0. The number of aromatic nitrogens is 1. The molecule has 1 aromatic heterocycles. The number of rotatable bonds is 7. The highest BCUT2D eigenvalue weighted by molar-refractivity contribution is 5.93. The molecule has 2 aromatic rings. The van der Waals surface area contributed by atoms with E-state index in [0.29, 0.717) is 29.9 Å². The van der Waals surface area contributed by atoms with E-state index in [0.717, 1.165) is 25.1 Å². The predicted octanol–water partition coefficient (Wildman–Crippen LogP) is 4.03. The molecule has 0 bridgehead atoms. The number of amides is 1. The van der Waals surface area contributed by atoms with Crippen molar-refractivity contribution in [3.05, 3.63) is 41.8 Å². The number of piperidine rings is 1. The number of aryl methyl sites for hydroxylation is 1. The van der Waals surface area contributed by atoms with Crippen LogP contribution in [0.4, 0.5) is 0 Å². The van der Waals surface area contributed by atoms with Crippen LogP contribution >= 0.6 is 0 Å². The fourth-order valence-electron chi connectivity index (χ4n) is 3.55. The van der Waals surface area contributed by atoms with E-state index in [1.165, 1.54) is 25.7 Å². The Morgan fingerprint density at radius 3 is 2.88 bits per heavy atom. The van der Waals surface area contributed by atoms with Gasteiger partial charge in [0.05, 0.1) is 0 Å². The minimum Gasteiger partial charge on any atom is -0.441 e. The minimum atomic E-state index is -0.144. The van der Waals surface area contributed by atoms with Gasteiger partial charge >= 0.3 is 0 Å². The third-order valence-corrected chi connectivity index (χ3v) is 5.08. The first-order chi connectivity index (χ1) is 12.7. The molecular formula is C21H29N3O2. The molecule has 1 saturated heterocycles. The first-order valence-electron chi connectivity index (χ1n) is 9.74. The normalized spacial score (nSPS) is 18.0. The highest BCUT2D eigenvalue weighted by Crippen LogP contribution is 2.22. The predicted molar refractivity (Wildman–Crippen MR) is 103 cm³/mol. The van der Waals surface area contributed by atoms with Crippen LogP contribution in [0.25, 0.3) is 11.5 Å². The van der Waals surface area contributed by atoms with Crippen molar-refractivity contribution in [2.45, 2.75) is 52.0 Å². The molecule has 1 aromatic carbocycles. The second-order valence-corrected chi connectivity index (χ2v) is 7.04. The Hall–Kier alpha value is -2.14. The van der Waals surface area contributed by atoms with E-state index in [1.54, 1.807) is 6.92 Å². The summed E-state index contributed by atoms with van der Waals surface area (Å²) < 4.78 is 5.71. The average Bonchev–Trinajstić information content (AvgIpc) is 3.07. The summed E-state index contributed by atoms with van der Waals surface area (Å²) in [5.74, 6) is 0.915. The van der Waals surface area contributed by atoms with Crippen LogP contribution in [0.3, 0.4) is 0 Å². The number of hydrogen-bond acceptors (Lipinski definition) is 4. The molecule has 0 aliphatic carbocycles. The Morgan fingerprint density at radius 2 is 2.12 bits per heavy atom. The maximum atomic E-state index is 12.6. The molecule has 3 rings (SSSR count). The lowest BCUT2D eigenvalue weighted by atomic mass is 10.0. The fraction of sp³-hybridized carbons (Fsp3) is 0.524. The molecule has 1 fully saturated rings. The van der Waals surface area contributed by atoms with Crippen LogP contribution in [0.5, 0.6) is 0 Å². The largest absolute Gasteiger partial charge is 0.441 e. The molecule has 1 aliphatic heterocycles. The fourth-order valence-corrected chi connectivity index (χ4v) is 3.55. The summed E-state index contributed by atoms with van der Waals surface area (Å²) in [6, 6.07) is 10.1. The quantitative estimate of drug-likeness (QED) is 0.814. The number of oxazole rings is 1. The van der Waals surface area contributed by atoms with Crippen LogP contribution in [0.2, 0.25) is 0 Å². The van der Waals surface area contributed by atoms with Crippen molar-refractivity contribution in [2.24, 2.45) is 0 Å². The topological polar surface area (TPSA) is 58.4 Å². The van der Waals surface area contributed by atoms with Gasteiger partial charge in [-0.3, -0.25) is 9.69 Å². The highest BCUT2D eigenvalue weighted by atomic mass is 16.4. The molecule has 1 atom stereocenters. The molecule has 1 unspecified atom stereocenters. The summed E-state index contributed by atoms with van der Waals surface area (Å²) in [4.78, 5) is 19.6. The second-order valence-electron chi connectivity index (χ2n) is 7.04. The Kier molecular flexibility index (Phi) is 6.45. The number of benzene rings is 1. The van der Waals surface area contributed by atoms with Crippen LogP contribution in [0.15, 0.2) is 34.7 Å². The minimum absolute atomic E-state index is 0.144. The molecule has 1 N–H and O–H groups in total. The molecule has 2 heterocycles. The number of carbonyl (C=O) groups excluding carboxylic acids is 1. The van der Waals surface area contributed by atoms with Gasteiger partial charge in [0.1, 0.15) is 5.76 Å². The summed E-state index contributed by atoms with van der Waals surface area (Å²) in [7, 11) is 0. The molecule has 140 valence electrons. The number of hydrogen-bond donors (Lipinski definition) is 1. The molecule has 1 amide bonds. The smallest absolute Gasteiger partial charge is 0.273 e.